The number of hydrogen-bond donors (Lipinski definition) is 0. The van der Waals surface area contributed by atoms with Crippen molar-refractivity contribution in [2.75, 3.05) is 11.4 Å². The highest BCUT2D eigenvalue weighted by Crippen LogP contribution is 2.39. The predicted molar refractivity (Wildman–Crippen MR) is 85.3 cm³/mol. The van der Waals surface area contributed by atoms with E-state index in [1.165, 1.54) is 0 Å². The maximum Gasteiger partial charge on any atom is 0.417 e. The standard InChI is InChI=1S/C16H12ClF9N2/c1-2-12(16(24,25)26)28(7-14(18,19)20)8-3-4-11-9(5-8)10(15(21,22)23)6-13(17)27-11/h3-6,12H,2,7H2,1H3. The van der Waals surface area contributed by atoms with Gasteiger partial charge in [-0.15, -0.1) is 0 Å². The Labute approximate surface area is 157 Å². The molecule has 0 aliphatic carbocycles. The van der Waals surface area contributed by atoms with Crippen molar-refractivity contribution >= 4 is 28.2 Å². The van der Waals surface area contributed by atoms with Gasteiger partial charge in [0.1, 0.15) is 17.7 Å². The highest BCUT2D eigenvalue weighted by molar-refractivity contribution is 6.30. The van der Waals surface area contributed by atoms with Gasteiger partial charge in [0, 0.05) is 11.1 Å². The van der Waals surface area contributed by atoms with Crippen LogP contribution in [0.1, 0.15) is 18.9 Å². The van der Waals surface area contributed by atoms with E-state index in [0.717, 1.165) is 19.1 Å². The molecule has 0 spiro atoms. The number of rotatable bonds is 4. The number of halogens is 10. The lowest BCUT2D eigenvalue weighted by Crippen LogP contribution is -2.49. The van der Waals surface area contributed by atoms with Crippen molar-refractivity contribution in [3.05, 3.63) is 35.0 Å². The average molecular weight is 439 g/mol. The van der Waals surface area contributed by atoms with Crippen LogP contribution in [0, 0.1) is 0 Å². The summed E-state index contributed by atoms with van der Waals surface area (Å²) in [6, 6.07) is 0.287. The van der Waals surface area contributed by atoms with Crippen molar-refractivity contribution in [2.24, 2.45) is 0 Å². The van der Waals surface area contributed by atoms with Gasteiger partial charge in [0.05, 0.1) is 11.1 Å². The smallest absolute Gasteiger partial charge is 0.351 e. The molecule has 2 nitrogen and oxygen atoms in total. The van der Waals surface area contributed by atoms with Crippen molar-refractivity contribution in [3.8, 4) is 0 Å². The molecular weight excluding hydrogens is 427 g/mol. The molecule has 0 amide bonds. The van der Waals surface area contributed by atoms with E-state index in [-0.39, 0.29) is 10.4 Å². The minimum Gasteiger partial charge on any atom is -0.351 e. The fraction of sp³-hybridized carbons (Fsp3) is 0.438. The topological polar surface area (TPSA) is 16.1 Å². The lowest BCUT2D eigenvalue weighted by molar-refractivity contribution is -0.160. The fourth-order valence-electron chi connectivity index (χ4n) is 2.80. The molecule has 0 aliphatic rings. The number of benzene rings is 1. The molecule has 0 N–H and O–H groups in total. The molecule has 2 aromatic rings. The third-order valence-electron chi connectivity index (χ3n) is 3.89. The Balaban J connectivity index is 2.71. The van der Waals surface area contributed by atoms with Crippen LogP contribution in [0.3, 0.4) is 0 Å². The second-order valence-corrected chi connectivity index (χ2v) is 6.29. The molecular formula is C16H12ClF9N2. The van der Waals surface area contributed by atoms with Crippen molar-refractivity contribution in [1.82, 2.24) is 4.98 Å². The van der Waals surface area contributed by atoms with E-state index in [0.29, 0.717) is 12.1 Å². The SMILES string of the molecule is CCC(N(CC(F)(F)F)c1ccc2nc(Cl)cc(C(F)(F)F)c2c1)C(F)(F)F. The van der Waals surface area contributed by atoms with Crippen LogP contribution in [0.25, 0.3) is 10.9 Å². The summed E-state index contributed by atoms with van der Waals surface area (Å²) in [5.41, 5.74) is -2.28. The first-order valence-electron chi connectivity index (χ1n) is 7.71. The number of hydrogen-bond acceptors (Lipinski definition) is 2. The van der Waals surface area contributed by atoms with Crippen molar-refractivity contribution in [2.45, 2.75) is 37.9 Å². The maximum atomic E-state index is 13.3. The summed E-state index contributed by atoms with van der Waals surface area (Å²) in [5.74, 6) is 0. The van der Waals surface area contributed by atoms with Gasteiger partial charge >= 0.3 is 18.5 Å². The lowest BCUT2D eigenvalue weighted by atomic mass is 10.1. The molecule has 0 saturated carbocycles. The Bertz CT molecular complexity index is 843. The summed E-state index contributed by atoms with van der Waals surface area (Å²) < 4.78 is 118. The van der Waals surface area contributed by atoms with E-state index in [4.69, 9.17) is 11.6 Å². The maximum absolute atomic E-state index is 13.3. The first-order valence-corrected chi connectivity index (χ1v) is 8.09. The van der Waals surface area contributed by atoms with E-state index in [1.54, 1.807) is 0 Å². The lowest BCUT2D eigenvalue weighted by Gasteiger charge is -2.35. The van der Waals surface area contributed by atoms with Gasteiger partial charge in [0.15, 0.2) is 0 Å². The van der Waals surface area contributed by atoms with Crippen LogP contribution >= 0.6 is 11.6 Å². The van der Waals surface area contributed by atoms with Crippen LogP contribution < -0.4 is 4.90 Å². The second-order valence-electron chi connectivity index (χ2n) is 5.90. The molecule has 12 heteroatoms. The van der Waals surface area contributed by atoms with Crippen LogP contribution in [0.2, 0.25) is 5.15 Å². The molecule has 1 heterocycles. The number of alkyl halides is 9. The largest absolute Gasteiger partial charge is 0.417 e. The molecule has 1 unspecified atom stereocenters. The molecule has 1 aromatic carbocycles. The summed E-state index contributed by atoms with van der Waals surface area (Å²) in [6.45, 7) is -0.954. The third kappa shape index (κ3) is 5.12. The zero-order valence-corrected chi connectivity index (χ0v) is 14.7. The number of pyridine rings is 1. The highest BCUT2D eigenvalue weighted by Gasteiger charge is 2.46. The van der Waals surface area contributed by atoms with Crippen LogP contribution in [-0.2, 0) is 6.18 Å². The number of fused-ring (bicyclic) bond motifs is 1. The summed E-state index contributed by atoms with van der Waals surface area (Å²) in [6.07, 6.45) is -15.7. The number of nitrogens with zero attached hydrogens (tertiary/aromatic N) is 2. The Kier molecular flexibility index (Phi) is 5.99. The average Bonchev–Trinajstić information content (AvgIpc) is 2.50. The van der Waals surface area contributed by atoms with E-state index in [1.807, 2.05) is 0 Å². The third-order valence-corrected chi connectivity index (χ3v) is 4.08. The summed E-state index contributed by atoms with van der Waals surface area (Å²) in [5, 5.41) is -1.17. The zero-order chi connectivity index (χ0) is 21.5. The number of anilines is 1. The fourth-order valence-corrected chi connectivity index (χ4v) is 3.00. The molecule has 0 radical (unpaired) electrons. The Morgan fingerprint density at radius 3 is 2.07 bits per heavy atom. The molecule has 0 fully saturated rings. The van der Waals surface area contributed by atoms with E-state index in [9.17, 15) is 39.5 Å². The van der Waals surface area contributed by atoms with Crippen LogP contribution in [0.15, 0.2) is 24.3 Å². The summed E-state index contributed by atoms with van der Waals surface area (Å²) in [4.78, 5) is 3.64. The van der Waals surface area contributed by atoms with E-state index < -0.39 is 59.3 Å². The Morgan fingerprint density at radius 1 is 1.00 bits per heavy atom. The molecule has 156 valence electrons. The Morgan fingerprint density at radius 2 is 1.61 bits per heavy atom. The predicted octanol–water partition coefficient (Wildman–Crippen LogP) is 6.62. The number of aromatic nitrogens is 1. The van der Waals surface area contributed by atoms with Crippen molar-refractivity contribution < 1.29 is 39.5 Å². The summed E-state index contributed by atoms with van der Waals surface area (Å²) >= 11 is 5.53. The van der Waals surface area contributed by atoms with Gasteiger partial charge in [-0.25, -0.2) is 4.98 Å². The van der Waals surface area contributed by atoms with Gasteiger partial charge < -0.3 is 4.90 Å². The molecule has 1 aromatic heterocycles. The van der Waals surface area contributed by atoms with Crippen LogP contribution in [-0.4, -0.2) is 29.9 Å². The minimum absolute atomic E-state index is 0.00575. The van der Waals surface area contributed by atoms with E-state index in [2.05, 4.69) is 4.98 Å². The Hall–Kier alpha value is -1.91. The van der Waals surface area contributed by atoms with Gasteiger partial charge in [-0.2, -0.15) is 39.5 Å². The normalized spacial score (nSPS) is 14.4. The van der Waals surface area contributed by atoms with Gasteiger partial charge in [-0.3, -0.25) is 0 Å². The second kappa shape index (κ2) is 7.49. The van der Waals surface area contributed by atoms with Crippen LogP contribution in [0.5, 0.6) is 0 Å². The van der Waals surface area contributed by atoms with Crippen molar-refractivity contribution in [3.63, 3.8) is 0 Å². The van der Waals surface area contributed by atoms with E-state index >= 15 is 0 Å². The quantitative estimate of drug-likeness (QED) is 0.394. The minimum atomic E-state index is -5.03. The molecule has 28 heavy (non-hydrogen) atoms. The molecule has 2 rings (SSSR count). The molecule has 0 saturated heterocycles. The molecule has 0 aliphatic heterocycles. The van der Waals surface area contributed by atoms with Gasteiger partial charge in [-0.1, -0.05) is 18.5 Å². The van der Waals surface area contributed by atoms with Gasteiger partial charge in [0.25, 0.3) is 0 Å². The highest BCUT2D eigenvalue weighted by atomic mass is 35.5. The first-order chi connectivity index (χ1) is 12.6. The molecule has 1 atom stereocenters. The van der Waals surface area contributed by atoms with Gasteiger partial charge in [0.2, 0.25) is 0 Å². The van der Waals surface area contributed by atoms with Crippen LogP contribution in [0.4, 0.5) is 45.2 Å². The summed E-state index contributed by atoms with van der Waals surface area (Å²) in [7, 11) is 0. The van der Waals surface area contributed by atoms with Gasteiger partial charge in [-0.05, 0) is 30.7 Å². The molecule has 0 bridgehead atoms. The first kappa shape index (κ1) is 22.4. The zero-order valence-electron chi connectivity index (χ0n) is 14.0. The van der Waals surface area contributed by atoms with Crippen molar-refractivity contribution in [1.29, 1.82) is 0 Å². The monoisotopic (exact) mass is 438 g/mol.